The van der Waals surface area contributed by atoms with Crippen molar-refractivity contribution in [2.45, 2.75) is 25.9 Å². The minimum atomic E-state index is -0.450. The number of nitrogens with zero attached hydrogens (tertiary/aromatic N) is 1. The highest BCUT2D eigenvalue weighted by molar-refractivity contribution is 5.94. The molecule has 156 valence electrons. The van der Waals surface area contributed by atoms with Crippen LogP contribution < -0.4 is 21.7 Å². The van der Waals surface area contributed by atoms with Gasteiger partial charge in [0.25, 0.3) is 0 Å². The second-order valence-corrected chi connectivity index (χ2v) is 6.35. The van der Waals surface area contributed by atoms with Gasteiger partial charge in [-0.15, -0.1) is 12.4 Å². The number of nitrogens with one attached hydrogen (secondary N) is 4. The van der Waals surface area contributed by atoms with E-state index in [1.54, 1.807) is 25.3 Å². The van der Waals surface area contributed by atoms with E-state index in [0.717, 1.165) is 11.3 Å². The van der Waals surface area contributed by atoms with Crippen LogP contribution in [0, 0.1) is 5.41 Å². The van der Waals surface area contributed by atoms with Gasteiger partial charge < -0.3 is 21.7 Å². The molecule has 0 spiro atoms. The topological polar surface area (TPSA) is 133 Å². The van der Waals surface area contributed by atoms with Crippen LogP contribution in [0.3, 0.4) is 0 Å². The minimum Gasteiger partial charge on any atom is -0.384 e. The number of rotatable bonds is 10. The van der Waals surface area contributed by atoms with Crippen LogP contribution in [0.4, 0.5) is 0 Å². The number of nitrogen functional groups attached to an aromatic ring is 1. The number of hydrogen-bond acceptors (Lipinski definition) is 5. The lowest BCUT2D eigenvalue weighted by atomic mass is 10.1. The number of carbonyl (C=O) groups excluding carboxylic acids is 2. The highest BCUT2D eigenvalue weighted by atomic mass is 35.5. The first-order chi connectivity index (χ1) is 13.5. The smallest absolute Gasteiger partial charge is 0.239 e. The molecule has 29 heavy (non-hydrogen) atoms. The maximum absolute atomic E-state index is 12.1. The first-order valence-electron chi connectivity index (χ1n) is 9.06. The van der Waals surface area contributed by atoms with E-state index in [0.29, 0.717) is 25.1 Å². The number of halogens is 1. The van der Waals surface area contributed by atoms with Crippen molar-refractivity contribution < 1.29 is 9.59 Å². The zero-order chi connectivity index (χ0) is 20.4. The van der Waals surface area contributed by atoms with Gasteiger partial charge in [-0.3, -0.25) is 20.0 Å². The molecule has 2 rings (SSSR count). The van der Waals surface area contributed by atoms with Gasteiger partial charge in [0.1, 0.15) is 5.84 Å². The van der Waals surface area contributed by atoms with E-state index in [1.807, 2.05) is 30.3 Å². The largest absolute Gasteiger partial charge is 0.384 e. The molecule has 0 aliphatic carbocycles. The second-order valence-electron chi connectivity index (χ2n) is 6.35. The number of benzene rings is 1. The van der Waals surface area contributed by atoms with Gasteiger partial charge in [-0.1, -0.05) is 30.3 Å². The summed E-state index contributed by atoms with van der Waals surface area (Å²) in [5.41, 5.74) is 7.95. The fraction of sp³-hybridized carbons (Fsp3) is 0.300. The summed E-state index contributed by atoms with van der Waals surface area (Å²) in [5.74, 6) is -0.470. The van der Waals surface area contributed by atoms with Crippen LogP contribution in [-0.4, -0.2) is 41.8 Å². The lowest BCUT2D eigenvalue weighted by Crippen LogP contribution is -2.45. The Bertz CT molecular complexity index is 798. The van der Waals surface area contributed by atoms with E-state index in [1.165, 1.54) is 0 Å². The number of carbonyl (C=O) groups is 2. The number of aromatic nitrogens is 1. The standard InChI is InChI=1S/C20H26N6O2.ClH/c1-14(25-12-15-5-7-16(8-6-15)19(21)22)20(28)26-13-18(27)24-11-9-17-4-2-3-10-23-17;/h2-8,10,14,25H,9,11-13H2,1H3,(H3,21,22)(H,24,27)(H,26,28);1H. The molecule has 1 aromatic heterocycles. The first kappa shape index (κ1) is 24.1. The Morgan fingerprint density at radius 3 is 2.48 bits per heavy atom. The van der Waals surface area contributed by atoms with Crippen molar-refractivity contribution in [1.29, 1.82) is 5.41 Å². The summed E-state index contributed by atoms with van der Waals surface area (Å²) in [6.07, 6.45) is 2.35. The van der Waals surface area contributed by atoms with Crippen LogP contribution in [0.15, 0.2) is 48.7 Å². The van der Waals surface area contributed by atoms with Gasteiger partial charge in [0.2, 0.25) is 11.8 Å². The molecule has 0 radical (unpaired) electrons. The van der Waals surface area contributed by atoms with E-state index >= 15 is 0 Å². The third-order valence-electron chi connectivity index (χ3n) is 4.12. The molecule has 0 bridgehead atoms. The van der Waals surface area contributed by atoms with Crippen LogP contribution in [0.2, 0.25) is 0 Å². The molecule has 0 saturated heterocycles. The van der Waals surface area contributed by atoms with Crippen molar-refractivity contribution in [1.82, 2.24) is 20.9 Å². The molecule has 1 heterocycles. The third kappa shape index (κ3) is 8.71. The Hall–Kier alpha value is -2.97. The fourth-order valence-electron chi connectivity index (χ4n) is 2.42. The van der Waals surface area contributed by atoms with Crippen LogP contribution in [0.25, 0.3) is 0 Å². The molecular formula is C20H27ClN6O2. The van der Waals surface area contributed by atoms with Gasteiger partial charge in [-0.2, -0.15) is 0 Å². The number of nitrogens with two attached hydrogens (primary N) is 1. The summed E-state index contributed by atoms with van der Waals surface area (Å²) in [5, 5.41) is 15.8. The van der Waals surface area contributed by atoms with E-state index in [4.69, 9.17) is 11.1 Å². The Labute approximate surface area is 176 Å². The third-order valence-corrected chi connectivity index (χ3v) is 4.12. The highest BCUT2D eigenvalue weighted by Gasteiger charge is 2.13. The molecular weight excluding hydrogens is 392 g/mol. The van der Waals surface area contributed by atoms with Gasteiger partial charge in [0.05, 0.1) is 12.6 Å². The van der Waals surface area contributed by atoms with Crippen LogP contribution in [0.1, 0.15) is 23.7 Å². The molecule has 0 saturated carbocycles. The quantitative estimate of drug-likeness (QED) is 0.286. The normalized spacial score (nSPS) is 11.1. The molecule has 9 heteroatoms. The van der Waals surface area contributed by atoms with Gasteiger partial charge in [-0.25, -0.2) is 0 Å². The van der Waals surface area contributed by atoms with Gasteiger partial charge >= 0.3 is 0 Å². The van der Waals surface area contributed by atoms with Crippen LogP contribution in [0.5, 0.6) is 0 Å². The highest BCUT2D eigenvalue weighted by Crippen LogP contribution is 2.04. The SMILES string of the molecule is CC(NCc1ccc(C(=N)N)cc1)C(=O)NCC(=O)NCCc1ccccn1.Cl. The maximum Gasteiger partial charge on any atom is 0.239 e. The summed E-state index contributed by atoms with van der Waals surface area (Å²) >= 11 is 0. The molecule has 0 fully saturated rings. The van der Waals surface area contributed by atoms with Crippen molar-refractivity contribution in [3.8, 4) is 0 Å². The van der Waals surface area contributed by atoms with E-state index in [9.17, 15) is 9.59 Å². The lowest BCUT2D eigenvalue weighted by Gasteiger charge is -2.14. The van der Waals surface area contributed by atoms with E-state index in [2.05, 4.69) is 20.9 Å². The summed E-state index contributed by atoms with van der Waals surface area (Å²) < 4.78 is 0. The second kappa shape index (κ2) is 12.5. The van der Waals surface area contributed by atoms with Gasteiger partial charge in [0, 0.05) is 37.0 Å². The van der Waals surface area contributed by atoms with Crippen molar-refractivity contribution in [3.05, 3.63) is 65.5 Å². The Morgan fingerprint density at radius 2 is 1.86 bits per heavy atom. The summed E-state index contributed by atoms with van der Waals surface area (Å²) in [6, 6.07) is 12.4. The molecule has 2 aromatic rings. The average Bonchev–Trinajstić information content (AvgIpc) is 2.71. The fourth-order valence-corrected chi connectivity index (χ4v) is 2.42. The number of hydrogen-bond donors (Lipinski definition) is 5. The van der Waals surface area contributed by atoms with Gasteiger partial charge in [0.15, 0.2) is 0 Å². The molecule has 0 aliphatic heterocycles. The van der Waals surface area contributed by atoms with Crippen molar-refractivity contribution in [3.63, 3.8) is 0 Å². The average molecular weight is 419 g/mol. The van der Waals surface area contributed by atoms with Gasteiger partial charge in [-0.05, 0) is 24.6 Å². The number of amidine groups is 1. The first-order valence-corrected chi connectivity index (χ1v) is 9.06. The molecule has 0 aliphatic rings. The summed E-state index contributed by atoms with van der Waals surface area (Å²) in [6.45, 7) is 2.62. The predicted octanol–water partition coefficient (Wildman–Crippen LogP) is 0.741. The van der Waals surface area contributed by atoms with Crippen molar-refractivity contribution in [2.75, 3.05) is 13.1 Å². The predicted molar refractivity (Wildman–Crippen MR) is 115 cm³/mol. The Morgan fingerprint density at radius 1 is 1.14 bits per heavy atom. The molecule has 6 N–H and O–H groups in total. The summed E-state index contributed by atoms with van der Waals surface area (Å²) in [7, 11) is 0. The molecule has 1 atom stereocenters. The summed E-state index contributed by atoms with van der Waals surface area (Å²) in [4.78, 5) is 28.1. The number of amides is 2. The monoisotopic (exact) mass is 418 g/mol. The van der Waals surface area contributed by atoms with E-state index < -0.39 is 6.04 Å². The van der Waals surface area contributed by atoms with Crippen molar-refractivity contribution in [2.24, 2.45) is 5.73 Å². The van der Waals surface area contributed by atoms with Crippen LogP contribution >= 0.6 is 12.4 Å². The van der Waals surface area contributed by atoms with Crippen LogP contribution in [-0.2, 0) is 22.6 Å². The zero-order valence-corrected chi connectivity index (χ0v) is 17.1. The zero-order valence-electron chi connectivity index (χ0n) is 16.3. The molecule has 8 nitrogen and oxygen atoms in total. The lowest BCUT2D eigenvalue weighted by molar-refractivity contribution is -0.127. The molecule has 2 amide bonds. The number of pyridine rings is 1. The Kier molecular flexibility index (Phi) is 10.4. The maximum atomic E-state index is 12.1. The molecule has 1 unspecified atom stereocenters. The molecule has 1 aromatic carbocycles. The Balaban J connectivity index is 0.00000420. The minimum absolute atomic E-state index is 0. The van der Waals surface area contributed by atoms with E-state index in [-0.39, 0.29) is 36.6 Å². The van der Waals surface area contributed by atoms with Crippen molar-refractivity contribution >= 4 is 30.1 Å².